The van der Waals surface area contributed by atoms with Gasteiger partial charge in [-0.2, -0.15) is 0 Å². The first kappa shape index (κ1) is 30.7. The Hall–Kier alpha value is -3.77. The number of aliphatic hydroxyl groups excluding tert-OH is 1. The molecule has 0 radical (unpaired) electrons. The quantitative estimate of drug-likeness (QED) is 0.0920. The Labute approximate surface area is 248 Å². The number of amides is 1. The SMILES string of the molecule is C[C@@H]1[C@H](CSc2ccccc2)O[C@H](c2cccc(NC(=O)c3c(F)c(F)c(F)c(F)c3F)c2)O[C@@H]1c1ccc(CO)cc1. The summed E-state index contributed by atoms with van der Waals surface area (Å²) < 4.78 is 82.0. The first-order valence-corrected chi connectivity index (χ1v) is 14.3. The maximum absolute atomic E-state index is 14.2. The molecule has 0 saturated carbocycles. The van der Waals surface area contributed by atoms with E-state index in [0.29, 0.717) is 11.3 Å². The lowest BCUT2D eigenvalue weighted by Crippen LogP contribution is -2.38. The zero-order chi connectivity index (χ0) is 30.7. The summed E-state index contributed by atoms with van der Waals surface area (Å²) in [6.45, 7) is 1.91. The van der Waals surface area contributed by atoms with Crippen LogP contribution in [0.3, 0.4) is 0 Å². The standard InChI is InChI=1S/C32H26F5NO4S/c1-17-23(16-43-22-8-3-2-4-9-22)41-32(42-30(17)19-12-10-18(15-39)11-13-19)20-6-5-7-21(14-20)38-31(40)24-25(33)27(35)29(37)28(36)26(24)34/h2-14,17,23,30,32,39H,15-16H2,1H3,(H,38,40)/t17-,23+,30+,32+/m1/s1. The third-order valence-electron chi connectivity index (χ3n) is 7.13. The number of benzene rings is 4. The van der Waals surface area contributed by atoms with Gasteiger partial charge >= 0.3 is 0 Å². The molecule has 2 N–H and O–H groups in total. The summed E-state index contributed by atoms with van der Waals surface area (Å²) in [5.41, 5.74) is 0.493. The van der Waals surface area contributed by atoms with Crippen LogP contribution >= 0.6 is 11.8 Å². The van der Waals surface area contributed by atoms with Crippen LogP contribution in [-0.2, 0) is 16.1 Å². The van der Waals surface area contributed by atoms with Crippen LogP contribution in [0.4, 0.5) is 27.6 Å². The molecule has 5 nitrogen and oxygen atoms in total. The Bertz CT molecular complexity index is 1580. The van der Waals surface area contributed by atoms with Gasteiger partial charge in [0.05, 0.1) is 18.8 Å². The minimum Gasteiger partial charge on any atom is -0.392 e. The van der Waals surface area contributed by atoms with Crippen LogP contribution in [0.15, 0.2) is 83.8 Å². The molecule has 0 bridgehead atoms. The zero-order valence-electron chi connectivity index (χ0n) is 22.7. The molecule has 43 heavy (non-hydrogen) atoms. The molecule has 1 aliphatic rings. The van der Waals surface area contributed by atoms with E-state index in [1.54, 1.807) is 30.0 Å². The fraction of sp³-hybridized carbons (Fsp3) is 0.219. The predicted octanol–water partition coefficient (Wildman–Crippen LogP) is 7.71. The van der Waals surface area contributed by atoms with Gasteiger partial charge < -0.3 is 19.9 Å². The third kappa shape index (κ3) is 6.59. The smallest absolute Gasteiger partial charge is 0.261 e. The van der Waals surface area contributed by atoms with Crippen molar-refractivity contribution in [2.24, 2.45) is 5.92 Å². The third-order valence-corrected chi connectivity index (χ3v) is 8.24. The maximum atomic E-state index is 14.2. The van der Waals surface area contributed by atoms with Crippen LogP contribution in [0.1, 0.15) is 46.4 Å². The summed E-state index contributed by atoms with van der Waals surface area (Å²) in [5.74, 6) is -12.3. The lowest BCUT2D eigenvalue weighted by atomic mass is 9.91. The number of hydrogen-bond acceptors (Lipinski definition) is 5. The van der Waals surface area contributed by atoms with Crippen LogP contribution in [0.5, 0.6) is 0 Å². The minimum absolute atomic E-state index is 0.0244. The van der Waals surface area contributed by atoms with E-state index in [-0.39, 0.29) is 24.3 Å². The van der Waals surface area contributed by atoms with E-state index in [1.807, 2.05) is 49.4 Å². The number of rotatable bonds is 8. The van der Waals surface area contributed by atoms with Gasteiger partial charge in [0, 0.05) is 27.8 Å². The van der Waals surface area contributed by atoms with Gasteiger partial charge in [-0.05, 0) is 35.4 Å². The zero-order valence-corrected chi connectivity index (χ0v) is 23.5. The predicted molar refractivity (Wildman–Crippen MR) is 151 cm³/mol. The monoisotopic (exact) mass is 615 g/mol. The number of hydrogen-bond donors (Lipinski definition) is 2. The number of thioether (sulfide) groups is 1. The molecule has 1 saturated heterocycles. The molecule has 0 aromatic heterocycles. The molecule has 224 valence electrons. The van der Waals surface area contributed by atoms with E-state index in [1.165, 1.54) is 18.2 Å². The average molecular weight is 616 g/mol. The highest BCUT2D eigenvalue weighted by Crippen LogP contribution is 2.43. The van der Waals surface area contributed by atoms with E-state index < -0.39 is 53.0 Å². The molecule has 0 aliphatic carbocycles. The topological polar surface area (TPSA) is 67.8 Å². The van der Waals surface area contributed by atoms with E-state index in [4.69, 9.17) is 9.47 Å². The van der Waals surface area contributed by atoms with Gasteiger partial charge in [0.1, 0.15) is 5.56 Å². The first-order valence-electron chi connectivity index (χ1n) is 13.3. The summed E-state index contributed by atoms with van der Waals surface area (Å²) in [6.07, 6.45) is -1.64. The molecule has 0 spiro atoms. The van der Waals surface area contributed by atoms with Gasteiger partial charge in [0.2, 0.25) is 5.82 Å². The molecular formula is C32H26F5NO4S. The van der Waals surface area contributed by atoms with E-state index in [9.17, 15) is 31.9 Å². The van der Waals surface area contributed by atoms with Gasteiger partial charge in [-0.15, -0.1) is 11.8 Å². The molecule has 11 heteroatoms. The van der Waals surface area contributed by atoms with Gasteiger partial charge in [0.15, 0.2) is 29.6 Å². The first-order chi connectivity index (χ1) is 20.7. The van der Waals surface area contributed by atoms with Crippen molar-refractivity contribution in [2.45, 2.75) is 36.9 Å². The van der Waals surface area contributed by atoms with Crippen molar-refractivity contribution in [1.29, 1.82) is 0 Å². The molecule has 0 unspecified atom stereocenters. The van der Waals surface area contributed by atoms with Crippen molar-refractivity contribution < 1.29 is 41.3 Å². The number of halogens is 5. The van der Waals surface area contributed by atoms with Gasteiger partial charge in [-0.1, -0.05) is 61.5 Å². The lowest BCUT2D eigenvalue weighted by Gasteiger charge is -2.41. The highest BCUT2D eigenvalue weighted by atomic mass is 32.2. The fourth-order valence-corrected chi connectivity index (χ4v) is 5.85. The van der Waals surface area contributed by atoms with Crippen LogP contribution in [0.2, 0.25) is 0 Å². The number of carbonyl (C=O) groups is 1. The Morgan fingerprint density at radius 3 is 2.12 bits per heavy atom. The highest BCUT2D eigenvalue weighted by molar-refractivity contribution is 7.99. The van der Waals surface area contributed by atoms with Crippen LogP contribution in [0.25, 0.3) is 0 Å². The Morgan fingerprint density at radius 1 is 0.814 bits per heavy atom. The molecule has 4 atom stereocenters. The molecule has 1 amide bonds. The molecule has 1 fully saturated rings. The van der Waals surface area contributed by atoms with Crippen molar-refractivity contribution >= 4 is 23.4 Å². The van der Waals surface area contributed by atoms with Crippen molar-refractivity contribution in [3.63, 3.8) is 0 Å². The summed E-state index contributed by atoms with van der Waals surface area (Å²) in [6, 6.07) is 23.2. The number of carbonyl (C=O) groups excluding carboxylic acids is 1. The van der Waals surface area contributed by atoms with Gasteiger partial charge in [-0.25, -0.2) is 22.0 Å². The second kappa shape index (κ2) is 13.3. The summed E-state index contributed by atoms with van der Waals surface area (Å²) in [7, 11) is 0. The Morgan fingerprint density at radius 2 is 1.47 bits per heavy atom. The lowest BCUT2D eigenvalue weighted by molar-refractivity contribution is -0.268. The van der Waals surface area contributed by atoms with Crippen LogP contribution in [0, 0.1) is 35.0 Å². The molecule has 1 aliphatic heterocycles. The largest absolute Gasteiger partial charge is 0.392 e. The van der Waals surface area contributed by atoms with Crippen molar-refractivity contribution in [3.05, 3.63) is 130 Å². The van der Waals surface area contributed by atoms with Gasteiger partial charge in [0.25, 0.3) is 5.91 Å². The molecule has 5 rings (SSSR count). The minimum atomic E-state index is -2.35. The van der Waals surface area contributed by atoms with E-state index >= 15 is 0 Å². The average Bonchev–Trinajstić information content (AvgIpc) is 3.03. The van der Waals surface area contributed by atoms with Crippen LogP contribution < -0.4 is 5.32 Å². The van der Waals surface area contributed by atoms with Crippen molar-refractivity contribution in [1.82, 2.24) is 0 Å². The summed E-state index contributed by atoms with van der Waals surface area (Å²) >= 11 is 1.62. The second-order valence-electron chi connectivity index (χ2n) is 9.97. The number of nitrogens with one attached hydrogen (secondary N) is 1. The Balaban J connectivity index is 1.41. The number of aliphatic hydroxyl groups is 1. The highest BCUT2D eigenvalue weighted by Gasteiger charge is 2.38. The van der Waals surface area contributed by atoms with Gasteiger partial charge in [-0.3, -0.25) is 4.79 Å². The summed E-state index contributed by atoms with van der Waals surface area (Å²) in [4.78, 5) is 13.7. The van der Waals surface area contributed by atoms with E-state index in [2.05, 4.69) is 5.32 Å². The second-order valence-corrected chi connectivity index (χ2v) is 11.1. The van der Waals surface area contributed by atoms with Crippen LogP contribution in [-0.4, -0.2) is 22.9 Å². The maximum Gasteiger partial charge on any atom is 0.261 e. The van der Waals surface area contributed by atoms with Crippen molar-refractivity contribution in [2.75, 3.05) is 11.1 Å². The molecular weight excluding hydrogens is 589 g/mol. The number of ether oxygens (including phenoxy) is 2. The van der Waals surface area contributed by atoms with Crippen molar-refractivity contribution in [3.8, 4) is 0 Å². The molecule has 4 aromatic carbocycles. The number of anilines is 1. The van der Waals surface area contributed by atoms with E-state index in [0.717, 1.165) is 16.0 Å². The molecule has 4 aromatic rings. The summed E-state index contributed by atoms with van der Waals surface area (Å²) in [5, 5.41) is 11.7. The molecule has 1 heterocycles. The fourth-order valence-electron chi connectivity index (χ4n) is 4.77. The Kier molecular flexibility index (Phi) is 9.46. The normalized spacial score (nSPS) is 20.2.